The number of H-pyrrole nitrogens is 2. The maximum absolute atomic E-state index is 10.2. The summed E-state index contributed by atoms with van der Waals surface area (Å²) in [7, 11) is 3.26. The van der Waals surface area contributed by atoms with Gasteiger partial charge in [0.05, 0.1) is 14.2 Å². The van der Waals surface area contributed by atoms with E-state index in [1.165, 1.54) is 5.56 Å². The Hall–Kier alpha value is -5.91. The van der Waals surface area contributed by atoms with Crippen molar-refractivity contribution in [2.45, 2.75) is 12.8 Å². The summed E-state index contributed by atoms with van der Waals surface area (Å²) in [5.41, 5.74) is 9.16. The number of carbonyl (C=O) groups is 1. The number of methoxy groups -OCH3 is 2. The molecule has 4 aromatic heterocycles. The third-order valence-corrected chi connectivity index (χ3v) is 5.99. The molecule has 0 bridgehead atoms. The van der Waals surface area contributed by atoms with E-state index >= 15 is 0 Å². The molecule has 0 spiro atoms. The monoisotopic (exact) mass is 577 g/mol. The van der Waals surface area contributed by atoms with Crippen LogP contribution in [0.15, 0.2) is 97.6 Å². The Balaban J connectivity index is 0.000000163. The molecule has 0 saturated heterocycles. The van der Waals surface area contributed by atoms with Gasteiger partial charge in [0.15, 0.2) is 11.6 Å². The highest BCUT2D eigenvalue weighted by Crippen LogP contribution is 2.16. The van der Waals surface area contributed by atoms with E-state index in [2.05, 4.69) is 52.5 Å². The number of carbonyl (C=O) groups excluding carboxylic acids is 1. The number of ether oxygens (including phenoxy) is 2. The number of hydrogen-bond donors (Lipinski definition) is 3. The lowest BCUT2D eigenvalue weighted by Crippen LogP contribution is -1.94. The van der Waals surface area contributed by atoms with Crippen molar-refractivity contribution in [2.24, 2.45) is 0 Å². The van der Waals surface area contributed by atoms with Crippen LogP contribution < -0.4 is 15.2 Å². The molecule has 0 aliphatic heterocycles. The van der Waals surface area contributed by atoms with Gasteiger partial charge in [0.25, 0.3) is 0 Å². The van der Waals surface area contributed by atoms with Gasteiger partial charge < -0.3 is 15.2 Å². The van der Waals surface area contributed by atoms with E-state index < -0.39 is 0 Å². The molecule has 4 N–H and O–H groups in total. The Labute approximate surface area is 248 Å². The minimum absolute atomic E-state index is 0.252. The molecule has 0 aliphatic rings. The summed E-state index contributed by atoms with van der Waals surface area (Å²) in [6, 6.07) is 22.5. The highest BCUT2D eigenvalue weighted by Gasteiger charge is 2.06. The van der Waals surface area contributed by atoms with E-state index in [-0.39, 0.29) is 5.95 Å². The van der Waals surface area contributed by atoms with Gasteiger partial charge >= 0.3 is 0 Å². The van der Waals surface area contributed by atoms with Crippen molar-refractivity contribution in [1.82, 2.24) is 40.3 Å². The Kier molecular flexibility index (Phi) is 11.0. The third-order valence-electron chi connectivity index (χ3n) is 5.99. The topological polar surface area (TPSA) is 170 Å². The SMILES string of the molecule is COc1ccc(C=O)cc1.COc1ccc(CCc2nc(-c3ccncc3)n[nH]2)cc1.Nc1n[nH]c(-c2ccncc2)n1. The molecule has 0 radical (unpaired) electrons. The number of nitrogens with one attached hydrogen (secondary N) is 2. The molecule has 0 atom stereocenters. The summed E-state index contributed by atoms with van der Waals surface area (Å²) in [4.78, 5) is 26.5. The molecule has 12 heteroatoms. The zero-order chi connectivity index (χ0) is 30.3. The Morgan fingerprint density at radius 3 is 1.81 bits per heavy atom. The number of benzene rings is 2. The van der Waals surface area contributed by atoms with Crippen LogP contribution >= 0.6 is 0 Å². The Morgan fingerprint density at radius 2 is 1.28 bits per heavy atom. The number of aldehydes is 1. The van der Waals surface area contributed by atoms with Crippen molar-refractivity contribution in [1.29, 1.82) is 0 Å². The predicted octanol–water partition coefficient (Wildman–Crippen LogP) is 4.62. The number of pyridine rings is 2. The number of aromatic amines is 2. The summed E-state index contributed by atoms with van der Waals surface area (Å²) in [5.74, 6) is 4.15. The molecule has 218 valence electrons. The maximum atomic E-state index is 10.2. The molecule has 6 aromatic rings. The zero-order valence-corrected chi connectivity index (χ0v) is 23.7. The number of aromatic nitrogens is 8. The molecule has 43 heavy (non-hydrogen) atoms. The zero-order valence-electron chi connectivity index (χ0n) is 23.7. The molecule has 0 fully saturated rings. The smallest absolute Gasteiger partial charge is 0.239 e. The predicted molar refractivity (Wildman–Crippen MR) is 162 cm³/mol. The molecule has 0 unspecified atom stereocenters. The fraction of sp³-hybridized carbons (Fsp3) is 0.129. The van der Waals surface area contributed by atoms with Crippen LogP contribution in [0.5, 0.6) is 11.5 Å². The largest absolute Gasteiger partial charge is 0.497 e. The van der Waals surface area contributed by atoms with Gasteiger partial charge in [-0.1, -0.05) is 12.1 Å². The first-order chi connectivity index (χ1) is 21.1. The minimum Gasteiger partial charge on any atom is -0.497 e. The molecule has 4 heterocycles. The fourth-order valence-electron chi connectivity index (χ4n) is 3.69. The number of nitrogen functional groups attached to an aromatic ring is 1. The normalized spacial score (nSPS) is 10.0. The quantitative estimate of drug-likeness (QED) is 0.217. The minimum atomic E-state index is 0.252. The highest BCUT2D eigenvalue weighted by atomic mass is 16.5. The first-order valence-corrected chi connectivity index (χ1v) is 13.2. The fourth-order valence-corrected chi connectivity index (χ4v) is 3.69. The lowest BCUT2D eigenvalue weighted by molar-refractivity contribution is 0.112. The van der Waals surface area contributed by atoms with Crippen LogP contribution in [0.4, 0.5) is 5.95 Å². The van der Waals surface area contributed by atoms with Crippen LogP contribution in [-0.2, 0) is 12.8 Å². The lowest BCUT2D eigenvalue weighted by atomic mass is 10.1. The van der Waals surface area contributed by atoms with Gasteiger partial charge in [-0.15, -0.1) is 5.10 Å². The van der Waals surface area contributed by atoms with E-state index in [4.69, 9.17) is 15.2 Å². The van der Waals surface area contributed by atoms with Gasteiger partial charge in [-0.25, -0.2) is 4.98 Å². The Bertz CT molecular complexity index is 1650. The van der Waals surface area contributed by atoms with Crippen LogP contribution in [0.3, 0.4) is 0 Å². The lowest BCUT2D eigenvalue weighted by Gasteiger charge is -2.02. The maximum Gasteiger partial charge on any atom is 0.239 e. The molecule has 0 saturated carbocycles. The second kappa shape index (κ2) is 15.8. The van der Waals surface area contributed by atoms with Crippen molar-refractivity contribution in [3.63, 3.8) is 0 Å². The van der Waals surface area contributed by atoms with Crippen LogP contribution in [0.2, 0.25) is 0 Å². The van der Waals surface area contributed by atoms with Crippen LogP contribution in [0.1, 0.15) is 21.7 Å². The molecule has 0 aliphatic carbocycles. The van der Waals surface area contributed by atoms with Gasteiger partial charge in [0.1, 0.15) is 23.6 Å². The number of anilines is 1. The van der Waals surface area contributed by atoms with Crippen molar-refractivity contribution >= 4 is 12.2 Å². The number of rotatable bonds is 8. The van der Waals surface area contributed by atoms with E-state index in [9.17, 15) is 4.79 Å². The van der Waals surface area contributed by atoms with Gasteiger partial charge in [-0.05, 0) is 72.6 Å². The van der Waals surface area contributed by atoms with Gasteiger partial charge in [-0.2, -0.15) is 10.1 Å². The van der Waals surface area contributed by atoms with E-state index in [1.807, 2.05) is 36.4 Å². The molecule has 2 aromatic carbocycles. The summed E-state index contributed by atoms with van der Waals surface area (Å²) in [6.45, 7) is 0. The summed E-state index contributed by atoms with van der Waals surface area (Å²) >= 11 is 0. The van der Waals surface area contributed by atoms with Crippen molar-refractivity contribution in [2.75, 3.05) is 20.0 Å². The summed E-state index contributed by atoms with van der Waals surface area (Å²) in [6.07, 6.45) is 9.40. The van der Waals surface area contributed by atoms with Crippen LogP contribution in [-0.4, -0.2) is 60.8 Å². The van der Waals surface area contributed by atoms with Crippen molar-refractivity contribution in [3.05, 3.63) is 115 Å². The van der Waals surface area contributed by atoms with E-state index in [0.29, 0.717) is 17.2 Å². The van der Waals surface area contributed by atoms with E-state index in [1.54, 1.807) is 63.3 Å². The van der Waals surface area contributed by atoms with E-state index in [0.717, 1.165) is 47.6 Å². The number of hydrogen-bond acceptors (Lipinski definition) is 10. The third kappa shape index (κ3) is 9.32. The average molecular weight is 578 g/mol. The number of nitrogens with two attached hydrogens (primary N) is 1. The molecule has 12 nitrogen and oxygen atoms in total. The number of nitrogens with zero attached hydrogens (tertiary/aromatic N) is 6. The van der Waals surface area contributed by atoms with Crippen molar-refractivity contribution < 1.29 is 14.3 Å². The molecular weight excluding hydrogens is 546 g/mol. The first-order valence-electron chi connectivity index (χ1n) is 13.2. The Morgan fingerprint density at radius 1 is 0.698 bits per heavy atom. The van der Waals surface area contributed by atoms with Gasteiger partial charge in [-0.3, -0.25) is 25.0 Å². The average Bonchev–Trinajstić information content (AvgIpc) is 3.75. The number of aryl methyl sites for hydroxylation is 2. The summed E-state index contributed by atoms with van der Waals surface area (Å²) in [5, 5.41) is 13.7. The first kappa shape index (κ1) is 30.1. The van der Waals surface area contributed by atoms with Gasteiger partial charge in [0, 0.05) is 47.9 Å². The second-order valence-electron chi connectivity index (χ2n) is 8.86. The standard InChI is InChI=1S/C16H16N4O.C8H8O2.C7H7N5/c1-21-14-5-2-12(3-6-14)4-7-15-18-16(20-19-15)13-8-10-17-11-9-13;1-10-8-4-2-7(6-9)3-5-8;8-7-10-6(11-12-7)5-1-3-9-4-2-5/h2-3,5-6,8-11H,4,7H2,1H3,(H,18,19,20);2-6H,1H3;1-4H,(H3,8,10,11,12). The van der Waals surface area contributed by atoms with Crippen molar-refractivity contribution in [3.8, 4) is 34.3 Å². The highest BCUT2D eigenvalue weighted by molar-refractivity contribution is 5.74. The van der Waals surface area contributed by atoms with Gasteiger partial charge in [0.2, 0.25) is 5.95 Å². The summed E-state index contributed by atoms with van der Waals surface area (Å²) < 4.78 is 10.0. The second-order valence-corrected chi connectivity index (χ2v) is 8.86. The molecule has 0 amide bonds. The molecule has 6 rings (SSSR count). The van der Waals surface area contributed by atoms with Crippen LogP contribution in [0.25, 0.3) is 22.8 Å². The van der Waals surface area contributed by atoms with Crippen LogP contribution in [0, 0.1) is 0 Å². The molecular formula is C31H31N9O3.